The number of nitrogens with one attached hydrogen (secondary N) is 2. The van der Waals surface area contributed by atoms with Crippen molar-refractivity contribution in [1.29, 1.82) is 0 Å². The first-order valence-electron chi connectivity index (χ1n) is 7.58. The van der Waals surface area contributed by atoms with Gasteiger partial charge in [-0.3, -0.25) is 9.48 Å². The molecule has 0 spiro atoms. The summed E-state index contributed by atoms with van der Waals surface area (Å²) >= 11 is 0. The molecule has 2 N–H and O–H groups in total. The maximum Gasteiger partial charge on any atom is 0.238 e. The molecule has 1 aromatic heterocycles. The van der Waals surface area contributed by atoms with Crippen LogP contribution < -0.4 is 10.6 Å². The number of rotatable bonds is 5. The Morgan fingerprint density at radius 3 is 2.55 bits per heavy atom. The normalized spacial score (nSPS) is 16.1. The predicted octanol–water partition coefficient (Wildman–Crippen LogP) is 2.55. The molecule has 112 valence electrons. The van der Waals surface area contributed by atoms with Crippen molar-refractivity contribution in [2.24, 2.45) is 0 Å². The van der Waals surface area contributed by atoms with E-state index in [9.17, 15) is 4.79 Å². The maximum atomic E-state index is 12.0. The Bertz CT molecular complexity index is 472. The summed E-state index contributed by atoms with van der Waals surface area (Å²) in [6.07, 6.45) is 4.94. The fourth-order valence-corrected chi connectivity index (χ4v) is 2.90. The van der Waals surface area contributed by atoms with E-state index in [0.717, 1.165) is 17.1 Å². The van der Waals surface area contributed by atoms with Crippen LogP contribution in [0.15, 0.2) is 0 Å². The van der Waals surface area contributed by atoms with Gasteiger partial charge in [-0.15, -0.1) is 0 Å². The second-order valence-electron chi connectivity index (χ2n) is 5.99. The first kappa shape index (κ1) is 15.0. The smallest absolute Gasteiger partial charge is 0.238 e. The third-order valence-corrected chi connectivity index (χ3v) is 3.99. The van der Waals surface area contributed by atoms with E-state index in [4.69, 9.17) is 0 Å². The van der Waals surface area contributed by atoms with Crippen LogP contribution in [0.1, 0.15) is 57.0 Å². The first-order valence-corrected chi connectivity index (χ1v) is 7.58. The lowest BCUT2D eigenvalue weighted by Crippen LogP contribution is -2.34. The van der Waals surface area contributed by atoms with Gasteiger partial charge in [0, 0.05) is 12.1 Å². The molecule has 1 amide bonds. The molecule has 0 radical (unpaired) electrons. The molecule has 5 nitrogen and oxygen atoms in total. The average molecular weight is 278 g/mol. The standard InChI is InChI=1S/C15H26N4O/c1-10(2)19-12(4)15(11(3)18-19)17-14(20)9-16-13-7-5-6-8-13/h10,13,16H,5-9H2,1-4H3,(H,17,20). The second-order valence-corrected chi connectivity index (χ2v) is 5.99. The molecule has 1 heterocycles. The van der Waals surface area contributed by atoms with Gasteiger partial charge in [0.2, 0.25) is 5.91 Å². The molecule has 1 aliphatic rings. The molecule has 20 heavy (non-hydrogen) atoms. The molecule has 0 bridgehead atoms. The summed E-state index contributed by atoms with van der Waals surface area (Å²) in [6, 6.07) is 0.817. The monoisotopic (exact) mass is 278 g/mol. The molecule has 5 heteroatoms. The molecule has 0 saturated heterocycles. The lowest BCUT2D eigenvalue weighted by Gasteiger charge is -2.12. The Labute approximate surface area is 121 Å². The topological polar surface area (TPSA) is 59.0 Å². The number of hydrogen-bond donors (Lipinski definition) is 2. The fourth-order valence-electron chi connectivity index (χ4n) is 2.90. The van der Waals surface area contributed by atoms with Crippen LogP contribution in [0.25, 0.3) is 0 Å². The van der Waals surface area contributed by atoms with Crippen molar-refractivity contribution in [3.05, 3.63) is 11.4 Å². The largest absolute Gasteiger partial charge is 0.322 e. The Hall–Kier alpha value is -1.36. The van der Waals surface area contributed by atoms with E-state index in [2.05, 4.69) is 29.6 Å². The summed E-state index contributed by atoms with van der Waals surface area (Å²) in [7, 11) is 0. The highest BCUT2D eigenvalue weighted by Gasteiger charge is 2.18. The summed E-state index contributed by atoms with van der Waals surface area (Å²) in [6.45, 7) is 8.50. The van der Waals surface area contributed by atoms with Crippen LogP contribution in [0.3, 0.4) is 0 Å². The lowest BCUT2D eigenvalue weighted by molar-refractivity contribution is -0.115. The third kappa shape index (κ3) is 3.39. The van der Waals surface area contributed by atoms with E-state index < -0.39 is 0 Å². The molecule has 0 aromatic carbocycles. The van der Waals surface area contributed by atoms with Crippen molar-refractivity contribution in [2.45, 2.75) is 65.5 Å². The van der Waals surface area contributed by atoms with Crippen LogP contribution in [0, 0.1) is 13.8 Å². The molecule has 1 fully saturated rings. The Kier molecular flexibility index (Phi) is 4.81. The van der Waals surface area contributed by atoms with Gasteiger partial charge in [-0.05, 0) is 40.5 Å². The third-order valence-electron chi connectivity index (χ3n) is 3.99. The zero-order valence-corrected chi connectivity index (χ0v) is 13.0. The van der Waals surface area contributed by atoms with E-state index in [1.807, 2.05) is 18.5 Å². The van der Waals surface area contributed by atoms with Crippen molar-refractivity contribution in [3.63, 3.8) is 0 Å². The highest BCUT2D eigenvalue weighted by Crippen LogP contribution is 2.22. The SMILES string of the molecule is Cc1nn(C(C)C)c(C)c1NC(=O)CNC1CCCC1. The van der Waals surface area contributed by atoms with E-state index in [1.54, 1.807) is 0 Å². The summed E-state index contributed by atoms with van der Waals surface area (Å²) in [5.74, 6) is 0.0198. The number of nitrogens with zero attached hydrogens (tertiary/aromatic N) is 2. The van der Waals surface area contributed by atoms with Crippen molar-refractivity contribution < 1.29 is 4.79 Å². The van der Waals surface area contributed by atoms with E-state index in [0.29, 0.717) is 18.6 Å². The predicted molar refractivity (Wildman–Crippen MR) is 81.0 cm³/mol. The molecule has 1 aliphatic carbocycles. The number of hydrogen-bond acceptors (Lipinski definition) is 3. The quantitative estimate of drug-likeness (QED) is 0.870. The molecule has 1 saturated carbocycles. The van der Waals surface area contributed by atoms with E-state index >= 15 is 0 Å². The van der Waals surface area contributed by atoms with Crippen LogP contribution in [0.2, 0.25) is 0 Å². The van der Waals surface area contributed by atoms with Gasteiger partial charge in [-0.25, -0.2) is 0 Å². The van der Waals surface area contributed by atoms with Gasteiger partial charge in [0.05, 0.1) is 23.6 Å². The number of aryl methyl sites for hydroxylation is 1. The van der Waals surface area contributed by atoms with Crippen molar-refractivity contribution >= 4 is 11.6 Å². The van der Waals surface area contributed by atoms with Gasteiger partial charge in [0.15, 0.2) is 0 Å². The van der Waals surface area contributed by atoms with Crippen molar-refractivity contribution in [2.75, 3.05) is 11.9 Å². The number of anilines is 1. The van der Waals surface area contributed by atoms with E-state index in [-0.39, 0.29) is 5.91 Å². The van der Waals surface area contributed by atoms with Crippen molar-refractivity contribution in [3.8, 4) is 0 Å². The Morgan fingerprint density at radius 1 is 1.35 bits per heavy atom. The zero-order valence-electron chi connectivity index (χ0n) is 13.0. The van der Waals surface area contributed by atoms with Gasteiger partial charge < -0.3 is 10.6 Å². The first-order chi connectivity index (χ1) is 9.49. The summed E-state index contributed by atoms with van der Waals surface area (Å²) in [5.41, 5.74) is 2.76. The summed E-state index contributed by atoms with van der Waals surface area (Å²) in [5, 5.41) is 10.8. The van der Waals surface area contributed by atoms with Gasteiger partial charge in [-0.2, -0.15) is 5.10 Å². The summed E-state index contributed by atoms with van der Waals surface area (Å²) in [4.78, 5) is 12.0. The molecular formula is C15H26N4O. The fraction of sp³-hybridized carbons (Fsp3) is 0.733. The Balaban J connectivity index is 1.93. The second kappa shape index (κ2) is 6.39. The molecule has 0 atom stereocenters. The van der Waals surface area contributed by atoms with Gasteiger partial charge in [-0.1, -0.05) is 12.8 Å². The van der Waals surface area contributed by atoms with Crippen LogP contribution >= 0.6 is 0 Å². The van der Waals surface area contributed by atoms with Gasteiger partial charge in [0.1, 0.15) is 0 Å². The molecule has 2 rings (SSSR count). The Morgan fingerprint density at radius 2 is 2.00 bits per heavy atom. The number of carbonyl (C=O) groups excluding carboxylic acids is 1. The van der Waals surface area contributed by atoms with Crippen LogP contribution in [0.5, 0.6) is 0 Å². The van der Waals surface area contributed by atoms with Crippen molar-refractivity contribution in [1.82, 2.24) is 15.1 Å². The molecule has 1 aromatic rings. The average Bonchev–Trinajstić information content (AvgIpc) is 2.99. The molecule has 0 aliphatic heterocycles. The summed E-state index contributed by atoms with van der Waals surface area (Å²) < 4.78 is 1.95. The van der Waals surface area contributed by atoms with Crippen LogP contribution in [0.4, 0.5) is 5.69 Å². The molecular weight excluding hydrogens is 252 g/mol. The lowest BCUT2D eigenvalue weighted by atomic mass is 10.2. The maximum absolute atomic E-state index is 12.0. The zero-order chi connectivity index (χ0) is 14.7. The minimum absolute atomic E-state index is 0.0198. The van der Waals surface area contributed by atoms with Crippen LogP contribution in [-0.4, -0.2) is 28.3 Å². The van der Waals surface area contributed by atoms with E-state index in [1.165, 1.54) is 25.7 Å². The van der Waals surface area contributed by atoms with Gasteiger partial charge in [0.25, 0.3) is 0 Å². The molecule has 0 unspecified atom stereocenters. The number of amides is 1. The minimum atomic E-state index is 0.0198. The van der Waals surface area contributed by atoms with Crippen LogP contribution in [-0.2, 0) is 4.79 Å². The highest BCUT2D eigenvalue weighted by molar-refractivity contribution is 5.93. The number of aromatic nitrogens is 2. The van der Waals surface area contributed by atoms with Gasteiger partial charge >= 0.3 is 0 Å². The number of carbonyl (C=O) groups is 1. The minimum Gasteiger partial charge on any atom is -0.322 e. The highest BCUT2D eigenvalue weighted by atomic mass is 16.1.